The van der Waals surface area contributed by atoms with Gasteiger partial charge in [-0.15, -0.1) is 0 Å². The monoisotopic (exact) mass is 324 g/mol. The summed E-state index contributed by atoms with van der Waals surface area (Å²) in [6.07, 6.45) is 1.56. The summed E-state index contributed by atoms with van der Waals surface area (Å²) in [5.74, 6) is 0.824. The van der Waals surface area contributed by atoms with Crippen molar-refractivity contribution in [2.24, 2.45) is 5.73 Å². The van der Waals surface area contributed by atoms with Crippen LogP contribution in [0.5, 0.6) is 11.5 Å². The molecule has 0 saturated carbocycles. The fraction of sp³-hybridized carbons (Fsp3) is 0.0625. The number of anilines is 1. The molecule has 0 unspecified atom stereocenters. The first kappa shape index (κ1) is 15.3. The number of pyridine rings is 1. The molecule has 0 radical (unpaired) electrons. The molecule has 0 bridgehead atoms. The third kappa shape index (κ3) is 2.98. The fourth-order valence-electron chi connectivity index (χ4n) is 2.20. The van der Waals surface area contributed by atoms with Crippen molar-refractivity contribution >= 4 is 28.6 Å². The van der Waals surface area contributed by atoms with E-state index in [2.05, 4.69) is 9.97 Å². The molecule has 2 aromatic heterocycles. The van der Waals surface area contributed by atoms with Crippen molar-refractivity contribution in [3.05, 3.63) is 48.3 Å². The minimum absolute atomic E-state index is 0.321. The lowest BCUT2D eigenvalue weighted by Gasteiger charge is -2.12. The van der Waals surface area contributed by atoms with E-state index in [0.717, 1.165) is 15.8 Å². The standard InChI is InChI=1S/C16H16N6O2/c1-22(16(18)19)15(23)13-6-9-2-3-10(7-12(9)21-13)24-11-4-5-20-14(17)8-11/h2-8,21H,1H3,(H2,17,20)(H3,18,19). The number of nitrogens with one attached hydrogen (secondary N) is 2. The molecule has 8 heteroatoms. The number of aromatic amines is 1. The predicted octanol–water partition coefficient (Wildman–Crippen LogP) is 1.90. The zero-order chi connectivity index (χ0) is 17.3. The zero-order valence-electron chi connectivity index (χ0n) is 12.9. The summed E-state index contributed by atoms with van der Waals surface area (Å²) < 4.78 is 5.73. The zero-order valence-corrected chi connectivity index (χ0v) is 12.9. The number of amides is 1. The number of carbonyl (C=O) groups excluding carboxylic acids is 1. The molecule has 0 aliphatic heterocycles. The molecule has 0 aliphatic rings. The second kappa shape index (κ2) is 5.92. The number of nitrogens with two attached hydrogens (primary N) is 2. The van der Waals surface area contributed by atoms with Crippen molar-refractivity contribution in [3.63, 3.8) is 0 Å². The summed E-state index contributed by atoms with van der Waals surface area (Å²) >= 11 is 0. The Kier molecular flexibility index (Phi) is 3.78. The van der Waals surface area contributed by atoms with Crippen molar-refractivity contribution in [3.8, 4) is 11.5 Å². The first-order valence-corrected chi connectivity index (χ1v) is 7.08. The fourth-order valence-corrected chi connectivity index (χ4v) is 2.20. The first-order valence-electron chi connectivity index (χ1n) is 7.08. The number of nitrogens with zero attached hydrogens (tertiary/aromatic N) is 2. The van der Waals surface area contributed by atoms with Crippen LogP contribution in [0.3, 0.4) is 0 Å². The van der Waals surface area contributed by atoms with Gasteiger partial charge in [0.1, 0.15) is 23.0 Å². The van der Waals surface area contributed by atoms with E-state index in [4.69, 9.17) is 21.6 Å². The van der Waals surface area contributed by atoms with Crippen molar-refractivity contribution in [2.75, 3.05) is 12.8 Å². The van der Waals surface area contributed by atoms with Gasteiger partial charge in [-0.3, -0.25) is 15.1 Å². The number of fused-ring (bicyclic) bond motifs is 1. The van der Waals surface area contributed by atoms with Gasteiger partial charge in [0.2, 0.25) is 0 Å². The highest BCUT2D eigenvalue weighted by Gasteiger charge is 2.16. The third-order valence-electron chi connectivity index (χ3n) is 3.48. The second-order valence-corrected chi connectivity index (χ2v) is 5.20. The van der Waals surface area contributed by atoms with Crippen LogP contribution in [0.15, 0.2) is 42.6 Å². The normalized spacial score (nSPS) is 10.5. The van der Waals surface area contributed by atoms with E-state index in [-0.39, 0.29) is 11.9 Å². The van der Waals surface area contributed by atoms with Crippen LogP contribution in [0.1, 0.15) is 10.5 Å². The Balaban J connectivity index is 1.89. The van der Waals surface area contributed by atoms with E-state index >= 15 is 0 Å². The minimum atomic E-state index is -0.386. The Labute approximate surface area is 137 Å². The van der Waals surface area contributed by atoms with Gasteiger partial charge in [-0.25, -0.2) is 4.98 Å². The molecule has 3 aromatic rings. The maximum Gasteiger partial charge on any atom is 0.276 e. The molecular weight excluding hydrogens is 308 g/mol. The van der Waals surface area contributed by atoms with E-state index in [0.29, 0.717) is 23.0 Å². The average Bonchev–Trinajstić information content (AvgIpc) is 2.96. The Morgan fingerprint density at radius 2 is 2.00 bits per heavy atom. The number of nitrogen functional groups attached to an aromatic ring is 1. The number of hydrogen-bond donors (Lipinski definition) is 4. The maximum atomic E-state index is 12.2. The highest BCUT2D eigenvalue weighted by atomic mass is 16.5. The molecule has 1 amide bonds. The van der Waals surface area contributed by atoms with Gasteiger partial charge in [0.25, 0.3) is 5.91 Å². The molecular formula is C16H16N6O2. The average molecular weight is 324 g/mol. The lowest BCUT2D eigenvalue weighted by molar-refractivity contribution is 0.0864. The summed E-state index contributed by atoms with van der Waals surface area (Å²) in [5, 5.41) is 8.17. The second-order valence-electron chi connectivity index (χ2n) is 5.20. The van der Waals surface area contributed by atoms with Crippen LogP contribution in [-0.2, 0) is 0 Å². The number of carbonyl (C=O) groups is 1. The molecule has 2 heterocycles. The molecule has 24 heavy (non-hydrogen) atoms. The molecule has 0 aliphatic carbocycles. The SMILES string of the molecule is CN(C(=N)N)C(=O)c1cc2ccc(Oc3ccnc(N)c3)cc2[nH]1. The molecule has 0 fully saturated rings. The lowest BCUT2D eigenvalue weighted by Crippen LogP contribution is -2.38. The van der Waals surface area contributed by atoms with Gasteiger partial charge in [-0.1, -0.05) is 0 Å². The summed E-state index contributed by atoms with van der Waals surface area (Å²) in [7, 11) is 1.44. The highest BCUT2D eigenvalue weighted by Crippen LogP contribution is 2.26. The number of guanidine groups is 1. The molecule has 8 nitrogen and oxygen atoms in total. The molecule has 1 aromatic carbocycles. The van der Waals surface area contributed by atoms with E-state index in [1.807, 2.05) is 6.07 Å². The van der Waals surface area contributed by atoms with Gasteiger partial charge in [-0.2, -0.15) is 0 Å². The summed E-state index contributed by atoms with van der Waals surface area (Å²) in [5.41, 5.74) is 12.0. The van der Waals surface area contributed by atoms with E-state index in [9.17, 15) is 4.79 Å². The minimum Gasteiger partial charge on any atom is -0.457 e. The van der Waals surface area contributed by atoms with Crippen LogP contribution in [0.4, 0.5) is 5.82 Å². The van der Waals surface area contributed by atoms with Crippen LogP contribution < -0.4 is 16.2 Å². The summed E-state index contributed by atoms with van der Waals surface area (Å²) in [6.45, 7) is 0. The van der Waals surface area contributed by atoms with Crippen molar-refractivity contribution in [2.45, 2.75) is 0 Å². The van der Waals surface area contributed by atoms with E-state index in [1.54, 1.807) is 36.5 Å². The van der Waals surface area contributed by atoms with Gasteiger partial charge >= 0.3 is 0 Å². The third-order valence-corrected chi connectivity index (χ3v) is 3.48. The quantitative estimate of drug-likeness (QED) is 0.431. The number of hydrogen-bond acceptors (Lipinski definition) is 5. The number of ether oxygens (including phenoxy) is 1. The van der Waals surface area contributed by atoms with Crippen LogP contribution in [0.2, 0.25) is 0 Å². The van der Waals surface area contributed by atoms with Crippen molar-refractivity contribution in [1.82, 2.24) is 14.9 Å². The molecule has 0 spiro atoms. The first-order chi connectivity index (χ1) is 11.4. The topological polar surface area (TPSA) is 134 Å². The number of H-pyrrole nitrogens is 1. The number of benzene rings is 1. The van der Waals surface area contributed by atoms with Crippen LogP contribution >= 0.6 is 0 Å². The van der Waals surface area contributed by atoms with E-state index < -0.39 is 0 Å². The van der Waals surface area contributed by atoms with Gasteiger partial charge in [0.15, 0.2) is 5.96 Å². The highest BCUT2D eigenvalue weighted by molar-refractivity contribution is 6.05. The molecule has 6 N–H and O–H groups in total. The summed E-state index contributed by atoms with van der Waals surface area (Å²) in [4.78, 5) is 20.2. The molecule has 3 rings (SSSR count). The van der Waals surface area contributed by atoms with Gasteiger partial charge < -0.3 is 21.2 Å². The Hall–Kier alpha value is -3.55. The van der Waals surface area contributed by atoms with Crippen molar-refractivity contribution in [1.29, 1.82) is 5.41 Å². The molecule has 122 valence electrons. The Morgan fingerprint density at radius 1 is 1.25 bits per heavy atom. The largest absolute Gasteiger partial charge is 0.457 e. The van der Waals surface area contributed by atoms with Gasteiger partial charge in [-0.05, 0) is 24.3 Å². The maximum absolute atomic E-state index is 12.2. The van der Waals surface area contributed by atoms with E-state index in [1.165, 1.54) is 7.05 Å². The van der Waals surface area contributed by atoms with Crippen molar-refractivity contribution < 1.29 is 9.53 Å². The summed E-state index contributed by atoms with van der Waals surface area (Å²) in [6, 6.07) is 10.4. The Morgan fingerprint density at radius 3 is 2.71 bits per heavy atom. The van der Waals surface area contributed by atoms with Gasteiger partial charge in [0.05, 0.1) is 0 Å². The molecule has 0 atom stereocenters. The predicted molar refractivity (Wildman–Crippen MR) is 91.0 cm³/mol. The molecule has 0 saturated heterocycles. The lowest BCUT2D eigenvalue weighted by atomic mass is 10.2. The number of rotatable bonds is 3. The van der Waals surface area contributed by atoms with Crippen LogP contribution in [0.25, 0.3) is 10.9 Å². The Bertz CT molecular complexity index is 933. The van der Waals surface area contributed by atoms with Crippen LogP contribution in [-0.4, -0.2) is 33.8 Å². The number of aromatic nitrogens is 2. The van der Waals surface area contributed by atoms with Gasteiger partial charge in [0, 0.05) is 36.3 Å². The van der Waals surface area contributed by atoms with Crippen LogP contribution in [0, 0.1) is 5.41 Å². The smallest absolute Gasteiger partial charge is 0.276 e.